The Labute approximate surface area is 112 Å². The number of pyridine rings is 1. The summed E-state index contributed by atoms with van der Waals surface area (Å²) in [5, 5.41) is 0. The molecule has 0 aromatic carbocycles. The molecule has 1 aromatic heterocycles. The Hall–Kier alpha value is -1.22. The van der Waals surface area contributed by atoms with Crippen LogP contribution in [0.3, 0.4) is 0 Å². The summed E-state index contributed by atoms with van der Waals surface area (Å²) in [5.41, 5.74) is 1.88. The average molecular weight is 286 g/mol. The van der Waals surface area contributed by atoms with E-state index in [1.54, 1.807) is 0 Å². The molecule has 8 heteroatoms. The van der Waals surface area contributed by atoms with Crippen molar-refractivity contribution < 1.29 is 13.2 Å². The van der Waals surface area contributed by atoms with Crippen molar-refractivity contribution in [2.75, 3.05) is 25.1 Å². The Morgan fingerprint density at radius 2 is 2.21 bits per heavy atom. The highest BCUT2D eigenvalue weighted by atomic mass is 32.2. The van der Waals surface area contributed by atoms with Crippen LogP contribution in [0.5, 0.6) is 0 Å². The van der Waals surface area contributed by atoms with Crippen LogP contribution in [0, 0.1) is 0 Å². The molecule has 1 aliphatic heterocycles. The van der Waals surface area contributed by atoms with Gasteiger partial charge in [0.2, 0.25) is 10.0 Å². The van der Waals surface area contributed by atoms with Gasteiger partial charge >= 0.3 is 0 Å². The molecule has 1 fully saturated rings. The molecule has 0 spiro atoms. The highest BCUT2D eigenvalue weighted by molar-refractivity contribution is 7.89. The van der Waals surface area contributed by atoms with Gasteiger partial charge in [-0.05, 0) is 26.0 Å². The second kappa shape index (κ2) is 5.04. The molecular weight excluding hydrogens is 268 g/mol. The Morgan fingerprint density at radius 1 is 1.47 bits per heavy atom. The maximum absolute atomic E-state index is 12.5. The van der Waals surface area contributed by atoms with E-state index in [2.05, 4.69) is 10.4 Å². The van der Waals surface area contributed by atoms with E-state index >= 15 is 0 Å². The lowest BCUT2D eigenvalue weighted by Crippen LogP contribution is -2.50. The van der Waals surface area contributed by atoms with E-state index in [4.69, 9.17) is 10.6 Å². The van der Waals surface area contributed by atoms with Gasteiger partial charge in [-0.1, -0.05) is 0 Å². The minimum Gasteiger partial charge on any atom is -0.373 e. The number of rotatable bonds is 3. The van der Waals surface area contributed by atoms with Crippen molar-refractivity contribution in [3.63, 3.8) is 0 Å². The van der Waals surface area contributed by atoms with Gasteiger partial charge in [0, 0.05) is 19.3 Å². The van der Waals surface area contributed by atoms with Gasteiger partial charge in [0.15, 0.2) is 0 Å². The zero-order chi connectivity index (χ0) is 14.1. The molecule has 2 rings (SSSR count). The molecule has 0 unspecified atom stereocenters. The average Bonchev–Trinajstić information content (AvgIpc) is 2.37. The predicted molar refractivity (Wildman–Crippen MR) is 70.8 cm³/mol. The number of sulfonamides is 1. The molecule has 106 valence electrons. The molecule has 0 bridgehead atoms. The minimum absolute atomic E-state index is 0.157. The van der Waals surface area contributed by atoms with E-state index < -0.39 is 15.6 Å². The third kappa shape index (κ3) is 3.03. The van der Waals surface area contributed by atoms with E-state index in [0.29, 0.717) is 25.5 Å². The van der Waals surface area contributed by atoms with Gasteiger partial charge in [0.1, 0.15) is 10.7 Å². The number of hydrazine groups is 1. The second-order valence-electron chi connectivity index (χ2n) is 4.97. The van der Waals surface area contributed by atoms with Gasteiger partial charge in [0.25, 0.3) is 0 Å². The number of hydrogen-bond donors (Lipinski definition) is 2. The van der Waals surface area contributed by atoms with Crippen molar-refractivity contribution in [1.29, 1.82) is 0 Å². The largest absolute Gasteiger partial charge is 0.373 e. The molecule has 1 aliphatic rings. The monoisotopic (exact) mass is 286 g/mol. The van der Waals surface area contributed by atoms with Gasteiger partial charge in [-0.25, -0.2) is 19.2 Å². The topological polar surface area (TPSA) is 97.6 Å². The van der Waals surface area contributed by atoms with E-state index in [-0.39, 0.29) is 4.90 Å². The van der Waals surface area contributed by atoms with Gasteiger partial charge in [0.05, 0.1) is 12.2 Å². The van der Waals surface area contributed by atoms with Crippen LogP contribution in [0.4, 0.5) is 5.82 Å². The van der Waals surface area contributed by atoms with Crippen molar-refractivity contribution in [3.05, 3.63) is 18.3 Å². The van der Waals surface area contributed by atoms with Crippen LogP contribution in [0.1, 0.15) is 13.8 Å². The standard InChI is InChI=1S/C11H18N4O3S/c1-11(2)8-15(5-6-18-11)19(16,17)9-3-4-10(14-12)13-7-9/h3-4,7H,5-6,8,12H2,1-2H3,(H,13,14). The van der Waals surface area contributed by atoms with Crippen LogP contribution in [0.25, 0.3) is 0 Å². The molecule has 3 N–H and O–H groups in total. The first-order valence-electron chi connectivity index (χ1n) is 5.92. The molecule has 7 nitrogen and oxygen atoms in total. The summed E-state index contributed by atoms with van der Waals surface area (Å²) in [6, 6.07) is 3.01. The number of morpholine rings is 1. The molecule has 0 radical (unpaired) electrons. The summed E-state index contributed by atoms with van der Waals surface area (Å²) in [5.74, 6) is 5.62. The number of nitrogens with two attached hydrogens (primary N) is 1. The summed E-state index contributed by atoms with van der Waals surface area (Å²) in [7, 11) is -3.54. The lowest BCUT2D eigenvalue weighted by molar-refractivity contribution is -0.0640. The van der Waals surface area contributed by atoms with Crippen molar-refractivity contribution in [2.24, 2.45) is 5.84 Å². The lowest BCUT2D eigenvalue weighted by atomic mass is 10.1. The van der Waals surface area contributed by atoms with Gasteiger partial charge in [-0.15, -0.1) is 0 Å². The quantitative estimate of drug-likeness (QED) is 0.607. The number of nitrogen functional groups attached to an aromatic ring is 1. The van der Waals surface area contributed by atoms with E-state index in [0.717, 1.165) is 0 Å². The van der Waals surface area contributed by atoms with Crippen LogP contribution in [-0.4, -0.2) is 43.0 Å². The summed E-state index contributed by atoms with van der Waals surface area (Å²) >= 11 is 0. The molecule has 0 amide bonds. The molecule has 2 heterocycles. The van der Waals surface area contributed by atoms with Gasteiger partial charge in [-0.2, -0.15) is 4.31 Å². The van der Waals surface area contributed by atoms with Crippen LogP contribution in [-0.2, 0) is 14.8 Å². The van der Waals surface area contributed by atoms with Crippen LogP contribution in [0.15, 0.2) is 23.2 Å². The fraction of sp³-hybridized carbons (Fsp3) is 0.545. The highest BCUT2D eigenvalue weighted by Crippen LogP contribution is 2.23. The smallest absolute Gasteiger partial charge is 0.244 e. The number of hydrogen-bond acceptors (Lipinski definition) is 6. The van der Waals surface area contributed by atoms with Crippen LogP contribution in [0.2, 0.25) is 0 Å². The summed E-state index contributed by atoms with van der Waals surface area (Å²) in [6.45, 7) is 4.81. The number of aromatic nitrogens is 1. The van der Waals surface area contributed by atoms with Gasteiger partial charge in [-0.3, -0.25) is 0 Å². The maximum atomic E-state index is 12.5. The zero-order valence-electron chi connectivity index (χ0n) is 11.0. The van der Waals surface area contributed by atoms with Crippen molar-refractivity contribution >= 4 is 15.8 Å². The van der Waals surface area contributed by atoms with Crippen molar-refractivity contribution in [3.8, 4) is 0 Å². The summed E-state index contributed by atoms with van der Waals surface area (Å²) < 4.78 is 31.8. The molecule has 0 aliphatic carbocycles. The molecular formula is C11H18N4O3S. The first-order valence-corrected chi connectivity index (χ1v) is 7.36. The third-order valence-electron chi connectivity index (χ3n) is 2.91. The van der Waals surface area contributed by atoms with E-state index in [1.807, 2.05) is 13.8 Å². The molecule has 0 saturated carbocycles. The Morgan fingerprint density at radius 3 is 2.74 bits per heavy atom. The Kier molecular flexibility index (Phi) is 3.77. The first-order chi connectivity index (χ1) is 8.85. The third-order valence-corrected chi connectivity index (χ3v) is 4.74. The second-order valence-corrected chi connectivity index (χ2v) is 6.91. The van der Waals surface area contributed by atoms with E-state index in [9.17, 15) is 8.42 Å². The number of ether oxygens (including phenoxy) is 1. The molecule has 1 saturated heterocycles. The Balaban J connectivity index is 2.26. The fourth-order valence-electron chi connectivity index (χ4n) is 1.95. The molecule has 0 atom stereocenters. The predicted octanol–water partition coefficient (Wildman–Crippen LogP) is 0.167. The molecule has 19 heavy (non-hydrogen) atoms. The lowest BCUT2D eigenvalue weighted by Gasteiger charge is -2.37. The zero-order valence-corrected chi connectivity index (χ0v) is 11.8. The van der Waals surface area contributed by atoms with Gasteiger partial charge < -0.3 is 10.2 Å². The Bertz CT molecular complexity index is 542. The van der Waals surface area contributed by atoms with Crippen LogP contribution < -0.4 is 11.3 Å². The summed E-state index contributed by atoms with van der Waals surface area (Å²) in [6.07, 6.45) is 1.30. The summed E-state index contributed by atoms with van der Waals surface area (Å²) in [4.78, 5) is 4.08. The van der Waals surface area contributed by atoms with Crippen molar-refractivity contribution in [2.45, 2.75) is 24.3 Å². The number of anilines is 1. The maximum Gasteiger partial charge on any atom is 0.244 e. The number of nitrogens with one attached hydrogen (secondary N) is 1. The van der Waals surface area contributed by atoms with Crippen molar-refractivity contribution in [1.82, 2.24) is 9.29 Å². The normalized spacial score (nSPS) is 20.2. The minimum atomic E-state index is -3.54. The number of nitrogens with zero attached hydrogens (tertiary/aromatic N) is 2. The molecule has 1 aromatic rings. The highest BCUT2D eigenvalue weighted by Gasteiger charge is 2.34. The van der Waals surface area contributed by atoms with E-state index in [1.165, 1.54) is 22.6 Å². The first kappa shape index (κ1) is 14.2. The van der Waals surface area contributed by atoms with Crippen LogP contribution >= 0.6 is 0 Å². The fourth-order valence-corrected chi connectivity index (χ4v) is 3.47. The SMILES string of the molecule is CC1(C)CN(S(=O)(=O)c2ccc(NN)nc2)CCO1.